The van der Waals surface area contributed by atoms with Crippen LogP contribution in [0.15, 0.2) is 67.1 Å². The van der Waals surface area contributed by atoms with Crippen LogP contribution in [0.1, 0.15) is 12.8 Å². The Bertz CT molecular complexity index is 1950. The first kappa shape index (κ1) is 28.9. The molecule has 0 amide bonds. The van der Waals surface area contributed by atoms with E-state index in [1.54, 1.807) is 18.6 Å². The number of nitrogens with one attached hydrogen (secondary N) is 2. The molecule has 45 heavy (non-hydrogen) atoms. The summed E-state index contributed by atoms with van der Waals surface area (Å²) in [6, 6.07) is 14.6. The molecule has 6 aromatic rings. The maximum atomic E-state index is 14.8. The highest BCUT2D eigenvalue weighted by Gasteiger charge is 2.18. The van der Waals surface area contributed by atoms with Gasteiger partial charge in [0.15, 0.2) is 5.82 Å². The molecule has 10 nitrogen and oxygen atoms in total. The number of fused-ring (bicyclic) bond motifs is 2. The number of nitrogens with zero attached hydrogens (tertiary/aromatic N) is 6. The molecule has 1 fully saturated rings. The van der Waals surface area contributed by atoms with Gasteiger partial charge in [0.05, 0.1) is 34.6 Å². The molecule has 0 aliphatic carbocycles. The molecular weight excluding hydrogens is 571 g/mol. The molecule has 7 rings (SSSR count). The lowest BCUT2D eigenvalue weighted by Gasteiger charge is -2.15. The number of aromatic amines is 2. The monoisotopic (exact) mass is 606 g/mol. The second-order valence-corrected chi connectivity index (χ2v) is 11.6. The Kier molecular flexibility index (Phi) is 8.10. The predicted molar refractivity (Wildman–Crippen MR) is 173 cm³/mol. The molecule has 0 unspecified atom stereocenters. The van der Waals surface area contributed by atoms with Crippen molar-refractivity contribution in [1.82, 2.24) is 39.9 Å². The average molecular weight is 607 g/mol. The van der Waals surface area contributed by atoms with E-state index in [0.29, 0.717) is 41.8 Å². The van der Waals surface area contributed by atoms with E-state index in [1.165, 1.54) is 25.0 Å². The Morgan fingerprint density at radius 1 is 0.911 bits per heavy atom. The minimum atomic E-state index is -0.351. The first-order chi connectivity index (χ1) is 22.0. The topological polar surface area (TPSA) is 108 Å². The van der Waals surface area contributed by atoms with E-state index in [-0.39, 0.29) is 5.82 Å². The molecule has 0 atom stereocenters. The van der Waals surface area contributed by atoms with Crippen LogP contribution in [0.5, 0.6) is 11.5 Å². The van der Waals surface area contributed by atoms with Crippen LogP contribution in [-0.4, -0.2) is 93.4 Å². The summed E-state index contributed by atoms with van der Waals surface area (Å²) in [5, 5.41) is 8.51. The molecule has 0 radical (unpaired) electrons. The molecule has 11 heteroatoms. The molecule has 230 valence electrons. The van der Waals surface area contributed by atoms with Crippen molar-refractivity contribution in [3.05, 3.63) is 72.9 Å². The maximum Gasteiger partial charge on any atom is 0.159 e. The van der Waals surface area contributed by atoms with Crippen molar-refractivity contribution in [3.63, 3.8) is 0 Å². The number of hydrogen-bond acceptors (Lipinski definition) is 8. The highest BCUT2D eigenvalue weighted by molar-refractivity contribution is 5.97. The van der Waals surface area contributed by atoms with E-state index in [2.05, 4.69) is 34.9 Å². The minimum Gasteiger partial charge on any atom is -0.492 e. The van der Waals surface area contributed by atoms with Crippen LogP contribution >= 0.6 is 0 Å². The van der Waals surface area contributed by atoms with Gasteiger partial charge in [-0.3, -0.25) is 20.0 Å². The van der Waals surface area contributed by atoms with Crippen molar-refractivity contribution in [3.8, 4) is 45.4 Å². The Labute approximate surface area is 260 Å². The van der Waals surface area contributed by atoms with Gasteiger partial charge in [-0.15, -0.1) is 0 Å². The molecule has 5 heterocycles. The van der Waals surface area contributed by atoms with Crippen molar-refractivity contribution in [2.24, 2.45) is 0 Å². The molecule has 0 bridgehead atoms. The number of ether oxygens (including phenoxy) is 2. The second-order valence-electron chi connectivity index (χ2n) is 11.6. The van der Waals surface area contributed by atoms with E-state index < -0.39 is 0 Å². The zero-order valence-corrected chi connectivity index (χ0v) is 25.4. The van der Waals surface area contributed by atoms with Crippen molar-refractivity contribution in [1.29, 1.82) is 0 Å². The number of hydrogen-bond donors (Lipinski definition) is 2. The third kappa shape index (κ3) is 6.36. The van der Waals surface area contributed by atoms with Crippen LogP contribution < -0.4 is 9.47 Å². The molecule has 2 N–H and O–H groups in total. The minimum absolute atomic E-state index is 0.351. The quantitative estimate of drug-likeness (QED) is 0.191. The van der Waals surface area contributed by atoms with Crippen molar-refractivity contribution < 1.29 is 13.9 Å². The number of aromatic nitrogens is 6. The molecule has 1 aliphatic heterocycles. The lowest BCUT2D eigenvalue weighted by Crippen LogP contribution is -2.25. The first-order valence-electron chi connectivity index (χ1n) is 15.2. The van der Waals surface area contributed by atoms with Crippen LogP contribution in [0.2, 0.25) is 0 Å². The van der Waals surface area contributed by atoms with E-state index in [1.807, 2.05) is 50.5 Å². The van der Waals surface area contributed by atoms with Crippen LogP contribution in [-0.2, 0) is 0 Å². The molecule has 4 aromatic heterocycles. The first-order valence-corrected chi connectivity index (χ1v) is 15.2. The summed E-state index contributed by atoms with van der Waals surface area (Å²) in [5.74, 6) is 1.44. The third-order valence-electron chi connectivity index (χ3n) is 8.06. The number of likely N-dealkylation sites (N-methyl/N-ethyl adjacent to an activating group) is 1. The van der Waals surface area contributed by atoms with Gasteiger partial charge in [0.2, 0.25) is 0 Å². The number of para-hydroxylation sites is 1. The number of likely N-dealkylation sites (tertiary alicyclic amines) is 1. The van der Waals surface area contributed by atoms with Gasteiger partial charge in [-0.1, -0.05) is 12.1 Å². The SMILES string of the molecule is CN(C)CCOc1cncc(-c2cc3c(-c4nc5c(-c6cc(F)cc(OCCN7CCCC7)c6)cccc5[nH]4)n[nH]c3cn2)c1. The summed E-state index contributed by atoms with van der Waals surface area (Å²) in [6.45, 7) is 4.92. The fourth-order valence-corrected chi connectivity index (χ4v) is 5.72. The van der Waals surface area contributed by atoms with E-state index in [9.17, 15) is 4.39 Å². The fourth-order valence-electron chi connectivity index (χ4n) is 5.72. The summed E-state index contributed by atoms with van der Waals surface area (Å²) in [5.41, 5.74) is 6.06. The van der Waals surface area contributed by atoms with Crippen LogP contribution in [0.3, 0.4) is 0 Å². The third-order valence-corrected chi connectivity index (χ3v) is 8.06. The number of pyridine rings is 2. The summed E-state index contributed by atoms with van der Waals surface area (Å²) in [7, 11) is 4.01. The van der Waals surface area contributed by atoms with Crippen LogP contribution in [0.25, 0.3) is 55.8 Å². The lowest BCUT2D eigenvalue weighted by molar-refractivity contribution is 0.237. The van der Waals surface area contributed by atoms with Gasteiger partial charge < -0.3 is 19.4 Å². The summed E-state index contributed by atoms with van der Waals surface area (Å²) < 4.78 is 26.6. The normalized spacial score (nSPS) is 13.8. The molecule has 0 spiro atoms. The van der Waals surface area contributed by atoms with Gasteiger partial charge in [-0.05, 0) is 75.9 Å². The number of imidazole rings is 1. The van der Waals surface area contributed by atoms with E-state index >= 15 is 0 Å². The molecular formula is C34H35FN8O2. The standard InChI is InChI=1S/C34H35FN8O2/c1-42(2)10-12-45-26-16-23(19-36-20-26)30-18-28-31(21-37-30)40-41-33(28)34-38-29-7-5-6-27(32(29)39-34)22-14-24(35)17-25(15-22)44-13-11-43-8-3-4-9-43/h5-7,14-21H,3-4,8-13H2,1-2H3,(H,38,39)(H,40,41). The molecule has 0 saturated carbocycles. The highest BCUT2D eigenvalue weighted by atomic mass is 19.1. The molecule has 1 saturated heterocycles. The average Bonchev–Trinajstić information content (AvgIpc) is 3.80. The lowest BCUT2D eigenvalue weighted by atomic mass is 10.0. The highest BCUT2D eigenvalue weighted by Crippen LogP contribution is 2.34. The van der Waals surface area contributed by atoms with Gasteiger partial charge in [0, 0.05) is 41.9 Å². The van der Waals surface area contributed by atoms with Crippen LogP contribution in [0, 0.1) is 5.82 Å². The zero-order chi connectivity index (χ0) is 30.8. The number of H-pyrrole nitrogens is 2. The fraction of sp³-hybridized carbons (Fsp3) is 0.294. The van der Waals surface area contributed by atoms with Gasteiger partial charge in [-0.2, -0.15) is 5.10 Å². The summed E-state index contributed by atoms with van der Waals surface area (Å²) in [6.07, 6.45) is 7.68. The molecule has 2 aromatic carbocycles. The Morgan fingerprint density at radius 3 is 2.62 bits per heavy atom. The summed E-state index contributed by atoms with van der Waals surface area (Å²) >= 11 is 0. The number of benzene rings is 2. The van der Waals surface area contributed by atoms with E-state index in [4.69, 9.17) is 14.5 Å². The Morgan fingerprint density at radius 2 is 1.76 bits per heavy atom. The van der Waals surface area contributed by atoms with Crippen molar-refractivity contribution in [2.75, 3.05) is 53.5 Å². The second kappa shape index (κ2) is 12.6. The van der Waals surface area contributed by atoms with Crippen LogP contribution in [0.4, 0.5) is 4.39 Å². The molecule has 1 aliphatic rings. The summed E-state index contributed by atoms with van der Waals surface area (Å²) in [4.78, 5) is 21.8. The van der Waals surface area contributed by atoms with Gasteiger partial charge in [-0.25, -0.2) is 9.37 Å². The zero-order valence-electron chi connectivity index (χ0n) is 25.4. The maximum absolute atomic E-state index is 14.8. The smallest absolute Gasteiger partial charge is 0.159 e. The number of halogens is 1. The van der Waals surface area contributed by atoms with Gasteiger partial charge in [0.25, 0.3) is 0 Å². The van der Waals surface area contributed by atoms with Gasteiger partial charge in [0.1, 0.15) is 36.2 Å². The number of rotatable bonds is 11. The van der Waals surface area contributed by atoms with Crippen molar-refractivity contribution >= 4 is 21.9 Å². The predicted octanol–water partition coefficient (Wildman–Crippen LogP) is 5.78. The Balaban J connectivity index is 1.18. The van der Waals surface area contributed by atoms with Crippen molar-refractivity contribution in [2.45, 2.75) is 12.8 Å². The largest absolute Gasteiger partial charge is 0.492 e. The Hall–Kier alpha value is -4.87. The van der Waals surface area contributed by atoms with Gasteiger partial charge >= 0.3 is 0 Å². The van der Waals surface area contributed by atoms with E-state index in [0.717, 1.165) is 64.9 Å².